The highest BCUT2D eigenvalue weighted by Crippen LogP contribution is 2.27. The fourth-order valence-electron chi connectivity index (χ4n) is 4.66. The van der Waals surface area contributed by atoms with E-state index in [4.69, 9.17) is 4.74 Å². The number of hydrogen-bond acceptors (Lipinski definition) is 8. The lowest BCUT2D eigenvalue weighted by molar-refractivity contribution is 0.106. The van der Waals surface area contributed by atoms with Crippen LogP contribution in [0.4, 0.5) is 0 Å². The van der Waals surface area contributed by atoms with Gasteiger partial charge in [-0.25, -0.2) is 0 Å². The molecule has 0 saturated heterocycles. The Morgan fingerprint density at radius 1 is 1.21 bits per heavy atom. The Kier molecular flexibility index (Phi) is 11.2. The zero-order valence-electron chi connectivity index (χ0n) is 21.2. The maximum Gasteiger partial charge on any atom is 0.208 e. The van der Waals surface area contributed by atoms with Crippen LogP contribution in [0.1, 0.15) is 68.8 Å². The van der Waals surface area contributed by atoms with Crippen molar-refractivity contribution in [3.63, 3.8) is 0 Å². The molecule has 1 atom stereocenters. The van der Waals surface area contributed by atoms with E-state index in [1.54, 1.807) is 11.3 Å². The number of aryl methyl sites for hydroxylation is 1. The van der Waals surface area contributed by atoms with Gasteiger partial charge in [-0.05, 0) is 84.7 Å². The molecule has 1 aliphatic heterocycles. The van der Waals surface area contributed by atoms with Crippen molar-refractivity contribution in [2.45, 2.75) is 90.5 Å². The number of hydrogen-bond donors (Lipinski definition) is 2. The summed E-state index contributed by atoms with van der Waals surface area (Å²) < 4.78 is 5.81. The highest BCUT2D eigenvalue weighted by Gasteiger charge is 2.23. The molecule has 0 spiro atoms. The molecule has 3 rings (SSSR count). The molecule has 0 amide bonds. The molecule has 8 heteroatoms. The Bertz CT molecular complexity index is 814. The summed E-state index contributed by atoms with van der Waals surface area (Å²) in [5, 5.41) is 23.8. The van der Waals surface area contributed by atoms with Crippen LogP contribution < -0.4 is 5.32 Å². The van der Waals surface area contributed by atoms with Crippen LogP contribution in [0.25, 0.3) is 0 Å². The zero-order valence-corrected chi connectivity index (χ0v) is 22.0. The van der Waals surface area contributed by atoms with Gasteiger partial charge in [0.1, 0.15) is 16.2 Å². The summed E-state index contributed by atoms with van der Waals surface area (Å²) in [6.07, 6.45) is 12.1. The number of rotatable bonds is 8. The zero-order chi connectivity index (χ0) is 24.3. The number of aliphatic hydroxyl groups excluding tert-OH is 1. The number of nitrogens with zero attached hydrogens (tertiary/aromatic N) is 4. The standard InChI is InChI=1S/C26H43N5O2S/c1-19(2)33-25-11-6-20(3)12-16-31(15-5-14-27-25)17-13-22-7-9-23(10-8-22)28-24(32)18-26-30-29-21(4)34-26/h6,11,19,22-24,28,32H,3,5,7-10,12-18H2,1-2,4H3/b11-6-,27-25+. The largest absolute Gasteiger partial charge is 0.475 e. The fourth-order valence-corrected chi connectivity index (χ4v) is 5.41. The molecule has 1 unspecified atom stereocenters. The summed E-state index contributed by atoms with van der Waals surface area (Å²) in [6, 6.07) is 0.396. The summed E-state index contributed by atoms with van der Waals surface area (Å²) in [5.41, 5.74) is 1.13. The van der Waals surface area contributed by atoms with Crippen LogP contribution in [-0.4, -0.2) is 70.7 Å². The Morgan fingerprint density at radius 2 is 2.00 bits per heavy atom. The van der Waals surface area contributed by atoms with E-state index in [0.29, 0.717) is 12.5 Å². The predicted molar refractivity (Wildman–Crippen MR) is 140 cm³/mol. The molecular weight excluding hydrogens is 446 g/mol. The van der Waals surface area contributed by atoms with Crippen LogP contribution in [0.15, 0.2) is 29.3 Å². The van der Waals surface area contributed by atoms with Crippen molar-refractivity contribution in [1.29, 1.82) is 0 Å². The first-order valence-corrected chi connectivity index (χ1v) is 13.7. The number of aromatic nitrogens is 2. The Balaban J connectivity index is 1.37. The third-order valence-electron chi connectivity index (χ3n) is 6.53. The van der Waals surface area contributed by atoms with Crippen LogP contribution in [0, 0.1) is 12.8 Å². The third kappa shape index (κ3) is 9.94. The summed E-state index contributed by atoms with van der Waals surface area (Å²) in [5.74, 6) is 1.49. The van der Waals surface area contributed by atoms with E-state index in [1.165, 1.54) is 19.3 Å². The minimum absolute atomic E-state index is 0.131. The van der Waals surface area contributed by atoms with Gasteiger partial charge < -0.3 is 14.7 Å². The quantitative estimate of drug-likeness (QED) is 0.531. The number of allylic oxidation sites excluding steroid dienone is 1. The fraction of sp³-hybridized carbons (Fsp3) is 0.731. The van der Waals surface area contributed by atoms with Gasteiger partial charge in [-0.3, -0.25) is 10.3 Å². The highest BCUT2D eigenvalue weighted by atomic mass is 32.1. The van der Waals surface area contributed by atoms with Crippen molar-refractivity contribution in [3.05, 3.63) is 34.3 Å². The molecule has 7 nitrogen and oxygen atoms in total. The van der Waals surface area contributed by atoms with Crippen molar-refractivity contribution in [1.82, 2.24) is 20.4 Å². The monoisotopic (exact) mass is 489 g/mol. The molecule has 0 radical (unpaired) electrons. The van der Waals surface area contributed by atoms with Crippen molar-refractivity contribution in [3.8, 4) is 0 Å². The van der Waals surface area contributed by atoms with Crippen molar-refractivity contribution in [2.24, 2.45) is 10.9 Å². The van der Waals surface area contributed by atoms with E-state index in [9.17, 15) is 5.11 Å². The first-order chi connectivity index (χ1) is 16.4. The Morgan fingerprint density at radius 3 is 2.71 bits per heavy atom. The molecule has 1 aromatic rings. The van der Waals surface area contributed by atoms with Gasteiger partial charge in [-0.15, -0.1) is 21.5 Å². The highest BCUT2D eigenvalue weighted by molar-refractivity contribution is 7.11. The van der Waals surface area contributed by atoms with Crippen molar-refractivity contribution < 1.29 is 9.84 Å². The van der Waals surface area contributed by atoms with Gasteiger partial charge in [-0.1, -0.05) is 18.2 Å². The van der Waals surface area contributed by atoms with Crippen molar-refractivity contribution in [2.75, 3.05) is 26.2 Å². The lowest BCUT2D eigenvalue weighted by atomic mass is 9.84. The van der Waals surface area contributed by atoms with Gasteiger partial charge >= 0.3 is 0 Å². The maximum absolute atomic E-state index is 10.4. The van der Waals surface area contributed by atoms with Crippen LogP contribution >= 0.6 is 11.3 Å². The van der Waals surface area contributed by atoms with E-state index >= 15 is 0 Å². The van der Waals surface area contributed by atoms with Crippen LogP contribution in [0.2, 0.25) is 0 Å². The second-order valence-electron chi connectivity index (χ2n) is 9.93. The second kappa shape index (κ2) is 14.1. The normalized spacial score (nSPS) is 26.5. The molecule has 1 fully saturated rings. The molecular formula is C26H43N5O2S. The van der Waals surface area contributed by atoms with Crippen LogP contribution in [-0.2, 0) is 11.2 Å². The first kappa shape index (κ1) is 27.0. The number of aliphatic hydroxyl groups is 1. The molecule has 2 aliphatic rings. The average Bonchev–Trinajstić information content (AvgIpc) is 3.19. The average molecular weight is 490 g/mol. The summed E-state index contributed by atoms with van der Waals surface area (Å²) >= 11 is 1.56. The van der Waals surface area contributed by atoms with E-state index in [0.717, 1.165) is 79.3 Å². The smallest absolute Gasteiger partial charge is 0.208 e. The third-order valence-corrected chi connectivity index (χ3v) is 7.39. The number of nitrogens with one attached hydrogen (secondary N) is 1. The van der Waals surface area contributed by atoms with E-state index in [-0.39, 0.29) is 6.10 Å². The topological polar surface area (TPSA) is 82.9 Å². The maximum atomic E-state index is 10.4. The minimum Gasteiger partial charge on any atom is -0.475 e. The SMILES string of the molecule is C=C1/C=C\C(OC(C)C)=N/CCCN(CCC2CCC(NC(O)Cc3nnc(C)s3)CC2)CC1. The molecule has 0 aromatic carbocycles. The van der Waals surface area contributed by atoms with Crippen LogP contribution in [0.5, 0.6) is 0 Å². The van der Waals surface area contributed by atoms with Gasteiger partial charge in [-0.2, -0.15) is 0 Å². The number of ether oxygens (including phenoxy) is 1. The lowest BCUT2D eigenvalue weighted by Gasteiger charge is -2.32. The molecule has 2 heterocycles. The second-order valence-corrected chi connectivity index (χ2v) is 11.2. The lowest BCUT2D eigenvalue weighted by Crippen LogP contribution is -2.41. The van der Waals surface area contributed by atoms with Gasteiger partial charge in [0, 0.05) is 31.6 Å². The summed E-state index contributed by atoms with van der Waals surface area (Å²) in [4.78, 5) is 7.23. The number of aliphatic imine (C=N–C) groups is 1. The molecule has 0 bridgehead atoms. The Labute approximate surface area is 209 Å². The van der Waals surface area contributed by atoms with Crippen molar-refractivity contribution >= 4 is 17.2 Å². The first-order valence-electron chi connectivity index (χ1n) is 12.9. The Hall–Kier alpha value is -1.61. The van der Waals surface area contributed by atoms with Gasteiger partial charge in [0.25, 0.3) is 0 Å². The molecule has 2 N–H and O–H groups in total. The summed E-state index contributed by atoms with van der Waals surface area (Å²) in [6.45, 7) is 14.3. The molecule has 1 saturated carbocycles. The molecule has 1 aromatic heterocycles. The van der Waals surface area contributed by atoms with E-state index in [2.05, 4.69) is 38.1 Å². The molecule has 34 heavy (non-hydrogen) atoms. The van der Waals surface area contributed by atoms with Crippen LogP contribution in [0.3, 0.4) is 0 Å². The van der Waals surface area contributed by atoms with Gasteiger partial charge in [0.2, 0.25) is 5.90 Å². The molecule has 190 valence electrons. The van der Waals surface area contributed by atoms with Gasteiger partial charge in [0.15, 0.2) is 0 Å². The van der Waals surface area contributed by atoms with Gasteiger partial charge in [0.05, 0.1) is 6.10 Å². The minimum atomic E-state index is -0.539. The summed E-state index contributed by atoms with van der Waals surface area (Å²) in [7, 11) is 0. The molecule has 1 aliphatic carbocycles. The predicted octanol–water partition coefficient (Wildman–Crippen LogP) is 4.28. The van der Waals surface area contributed by atoms with E-state index in [1.807, 2.05) is 26.8 Å². The van der Waals surface area contributed by atoms with E-state index < -0.39 is 6.23 Å².